The van der Waals surface area contributed by atoms with E-state index in [1.807, 2.05) is 43.3 Å². The Labute approximate surface area is 162 Å². The van der Waals surface area contributed by atoms with Crippen molar-refractivity contribution in [3.05, 3.63) is 65.2 Å². The van der Waals surface area contributed by atoms with Crippen molar-refractivity contribution < 1.29 is 13.2 Å². The van der Waals surface area contributed by atoms with Crippen molar-refractivity contribution in [2.24, 2.45) is 0 Å². The Bertz CT molecular complexity index is 875. The van der Waals surface area contributed by atoms with Crippen LogP contribution in [0.4, 0.5) is 5.69 Å². The normalized spacial score (nSPS) is 11.4. The predicted octanol–water partition coefficient (Wildman–Crippen LogP) is 3.59. The Kier molecular flexibility index (Phi) is 7.02. The number of sulfonamides is 1. The third-order valence-electron chi connectivity index (χ3n) is 4.36. The SMILES string of the molecule is Cc1cccc(CNC(=O)CCN(c2ccc(C(C)C)cc2)S(C)(=O)=O)c1. The lowest BCUT2D eigenvalue weighted by Crippen LogP contribution is -2.34. The average molecular weight is 389 g/mol. The van der Waals surface area contributed by atoms with Gasteiger partial charge in [-0.15, -0.1) is 0 Å². The summed E-state index contributed by atoms with van der Waals surface area (Å²) in [6.45, 7) is 6.71. The molecule has 1 amide bonds. The molecule has 0 atom stereocenters. The van der Waals surface area contributed by atoms with E-state index in [2.05, 4.69) is 19.2 Å². The highest BCUT2D eigenvalue weighted by Crippen LogP contribution is 2.22. The predicted molar refractivity (Wildman–Crippen MR) is 110 cm³/mol. The third kappa shape index (κ3) is 6.40. The molecule has 27 heavy (non-hydrogen) atoms. The van der Waals surface area contributed by atoms with Crippen LogP contribution in [0.25, 0.3) is 0 Å². The van der Waals surface area contributed by atoms with E-state index in [1.54, 1.807) is 12.1 Å². The van der Waals surface area contributed by atoms with Gasteiger partial charge in [0, 0.05) is 19.5 Å². The number of benzene rings is 2. The second-order valence-electron chi connectivity index (χ2n) is 7.10. The van der Waals surface area contributed by atoms with Crippen LogP contribution in [0.3, 0.4) is 0 Å². The number of carbonyl (C=O) groups excluding carboxylic acids is 1. The van der Waals surface area contributed by atoms with E-state index in [-0.39, 0.29) is 18.9 Å². The molecule has 0 unspecified atom stereocenters. The second kappa shape index (κ2) is 9.04. The molecule has 146 valence electrons. The van der Waals surface area contributed by atoms with Gasteiger partial charge in [-0.25, -0.2) is 8.42 Å². The van der Waals surface area contributed by atoms with E-state index in [1.165, 1.54) is 4.31 Å². The second-order valence-corrected chi connectivity index (χ2v) is 9.00. The number of amides is 1. The van der Waals surface area contributed by atoms with Crippen molar-refractivity contribution in [3.63, 3.8) is 0 Å². The molecule has 2 aromatic carbocycles. The van der Waals surface area contributed by atoms with E-state index in [0.717, 1.165) is 22.9 Å². The Balaban J connectivity index is 1.99. The summed E-state index contributed by atoms with van der Waals surface area (Å²) in [5, 5.41) is 2.85. The van der Waals surface area contributed by atoms with Crippen LogP contribution in [0.1, 0.15) is 42.9 Å². The van der Waals surface area contributed by atoms with Crippen LogP contribution in [-0.2, 0) is 21.4 Å². The number of rotatable bonds is 8. The number of carbonyl (C=O) groups is 1. The molecule has 0 aliphatic rings. The first-order chi connectivity index (χ1) is 12.7. The maximum Gasteiger partial charge on any atom is 0.232 e. The molecule has 2 aromatic rings. The Hall–Kier alpha value is -2.34. The molecular formula is C21H28N2O3S. The zero-order valence-corrected chi connectivity index (χ0v) is 17.2. The van der Waals surface area contributed by atoms with Crippen molar-refractivity contribution in [1.82, 2.24) is 5.32 Å². The fourth-order valence-electron chi connectivity index (χ4n) is 2.83. The molecule has 0 aromatic heterocycles. The van der Waals surface area contributed by atoms with Gasteiger partial charge in [-0.3, -0.25) is 9.10 Å². The lowest BCUT2D eigenvalue weighted by atomic mass is 10.0. The molecule has 0 spiro atoms. The van der Waals surface area contributed by atoms with Crippen LogP contribution < -0.4 is 9.62 Å². The van der Waals surface area contributed by atoms with E-state index in [4.69, 9.17) is 0 Å². The minimum atomic E-state index is -3.47. The summed E-state index contributed by atoms with van der Waals surface area (Å²) in [6.07, 6.45) is 1.26. The summed E-state index contributed by atoms with van der Waals surface area (Å²) >= 11 is 0. The quantitative estimate of drug-likeness (QED) is 0.751. The Morgan fingerprint density at radius 3 is 2.33 bits per heavy atom. The zero-order valence-electron chi connectivity index (χ0n) is 16.4. The zero-order chi connectivity index (χ0) is 20.0. The van der Waals surface area contributed by atoms with Gasteiger partial charge in [-0.05, 0) is 36.1 Å². The third-order valence-corrected chi connectivity index (χ3v) is 5.56. The topological polar surface area (TPSA) is 66.5 Å². The number of hydrogen-bond donors (Lipinski definition) is 1. The number of nitrogens with zero attached hydrogens (tertiary/aromatic N) is 1. The largest absolute Gasteiger partial charge is 0.352 e. The molecule has 0 aliphatic heterocycles. The first-order valence-electron chi connectivity index (χ1n) is 9.06. The maximum absolute atomic E-state index is 12.2. The molecule has 0 fully saturated rings. The molecule has 0 radical (unpaired) electrons. The fourth-order valence-corrected chi connectivity index (χ4v) is 3.75. The van der Waals surface area contributed by atoms with Gasteiger partial charge in [0.2, 0.25) is 15.9 Å². The molecule has 0 saturated heterocycles. The van der Waals surface area contributed by atoms with Crippen molar-refractivity contribution in [2.45, 2.75) is 39.7 Å². The molecular weight excluding hydrogens is 360 g/mol. The van der Waals surface area contributed by atoms with Crippen molar-refractivity contribution in [3.8, 4) is 0 Å². The van der Waals surface area contributed by atoms with E-state index >= 15 is 0 Å². The van der Waals surface area contributed by atoms with Crippen molar-refractivity contribution >= 4 is 21.6 Å². The van der Waals surface area contributed by atoms with Gasteiger partial charge in [0.1, 0.15) is 0 Å². The van der Waals surface area contributed by atoms with Gasteiger partial charge in [-0.2, -0.15) is 0 Å². The minimum absolute atomic E-state index is 0.102. The van der Waals surface area contributed by atoms with Gasteiger partial charge < -0.3 is 5.32 Å². The summed E-state index contributed by atoms with van der Waals surface area (Å²) in [5.41, 5.74) is 3.87. The van der Waals surface area contributed by atoms with Crippen LogP contribution in [0.2, 0.25) is 0 Å². The van der Waals surface area contributed by atoms with Gasteiger partial charge >= 0.3 is 0 Å². The molecule has 1 N–H and O–H groups in total. The Morgan fingerprint density at radius 1 is 1.11 bits per heavy atom. The molecule has 2 rings (SSSR count). The summed E-state index contributed by atoms with van der Waals surface area (Å²) in [5.74, 6) is 0.196. The lowest BCUT2D eigenvalue weighted by Gasteiger charge is -2.22. The fraction of sp³-hybridized carbons (Fsp3) is 0.381. The van der Waals surface area contributed by atoms with E-state index in [9.17, 15) is 13.2 Å². The molecule has 5 nitrogen and oxygen atoms in total. The summed E-state index contributed by atoms with van der Waals surface area (Å²) in [7, 11) is -3.47. The molecule has 6 heteroatoms. The highest BCUT2D eigenvalue weighted by Gasteiger charge is 2.18. The monoisotopic (exact) mass is 388 g/mol. The van der Waals surface area contributed by atoms with Gasteiger partial charge in [0.15, 0.2) is 0 Å². The number of nitrogens with one attached hydrogen (secondary N) is 1. The van der Waals surface area contributed by atoms with Crippen LogP contribution in [0.15, 0.2) is 48.5 Å². The summed E-state index contributed by atoms with van der Waals surface area (Å²) in [4.78, 5) is 12.2. The lowest BCUT2D eigenvalue weighted by molar-refractivity contribution is -0.121. The first-order valence-corrected chi connectivity index (χ1v) is 10.9. The minimum Gasteiger partial charge on any atom is -0.352 e. The van der Waals surface area contributed by atoms with Crippen LogP contribution >= 0.6 is 0 Å². The van der Waals surface area contributed by atoms with Crippen LogP contribution in [-0.4, -0.2) is 27.1 Å². The van der Waals surface area contributed by atoms with Crippen LogP contribution in [0.5, 0.6) is 0 Å². The first kappa shape index (κ1) is 21.0. The highest BCUT2D eigenvalue weighted by molar-refractivity contribution is 7.92. The number of hydrogen-bond acceptors (Lipinski definition) is 3. The van der Waals surface area contributed by atoms with E-state index in [0.29, 0.717) is 18.2 Å². The maximum atomic E-state index is 12.2. The molecule has 0 saturated carbocycles. The standard InChI is InChI=1S/C21H28N2O3S/c1-16(2)19-8-10-20(11-9-19)23(27(4,25)26)13-12-21(24)22-15-18-7-5-6-17(3)14-18/h5-11,14,16H,12-13,15H2,1-4H3,(H,22,24). The number of anilines is 1. The summed E-state index contributed by atoms with van der Waals surface area (Å²) in [6, 6.07) is 15.3. The van der Waals surface area contributed by atoms with Crippen LogP contribution in [0, 0.1) is 6.92 Å². The molecule has 0 aliphatic carbocycles. The van der Waals surface area contributed by atoms with Gasteiger partial charge in [0.25, 0.3) is 0 Å². The number of aryl methyl sites for hydroxylation is 1. The van der Waals surface area contributed by atoms with Crippen molar-refractivity contribution in [1.29, 1.82) is 0 Å². The Morgan fingerprint density at radius 2 is 1.78 bits per heavy atom. The van der Waals surface area contributed by atoms with Gasteiger partial charge in [0.05, 0.1) is 11.9 Å². The summed E-state index contributed by atoms with van der Waals surface area (Å²) < 4.78 is 25.6. The van der Waals surface area contributed by atoms with Crippen molar-refractivity contribution in [2.75, 3.05) is 17.1 Å². The van der Waals surface area contributed by atoms with Gasteiger partial charge in [-0.1, -0.05) is 55.8 Å². The smallest absolute Gasteiger partial charge is 0.232 e. The molecule has 0 bridgehead atoms. The highest BCUT2D eigenvalue weighted by atomic mass is 32.2. The molecule has 0 heterocycles. The average Bonchev–Trinajstić information content (AvgIpc) is 2.59. The van der Waals surface area contributed by atoms with E-state index < -0.39 is 10.0 Å².